The summed E-state index contributed by atoms with van der Waals surface area (Å²) in [7, 11) is 0. The molecular weight excluding hydrogens is 312 g/mol. The maximum absolute atomic E-state index is 12.3. The number of anilines is 1. The van der Waals surface area contributed by atoms with Gasteiger partial charge in [0.05, 0.1) is 0 Å². The number of nitrogens with zero attached hydrogens (tertiary/aromatic N) is 2. The van der Waals surface area contributed by atoms with Gasteiger partial charge in [-0.15, -0.1) is 0 Å². The lowest BCUT2D eigenvalue weighted by Crippen LogP contribution is -2.24. The predicted octanol–water partition coefficient (Wildman–Crippen LogP) is 3.33. The molecule has 0 aliphatic rings. The minimum absolute atomic E-state index is 0.218. The van der Waals surface area contributed by atoms with Crippen molar-refractivity contribution in [1.82, 2.24) is 15.3 Å². The molecule has 0 saturated carbocycles. The third-order valence-corrected chi connectivity index (χ3v) is 3.75. The second-order valence-corrected chi connectivity index (χ2v) is 5.80. The van der Waals surface area contributed by atoms with Crippen LogP contribution in [0.4, 0.5) is 5.82 Å². The first-order valence-corrected chi connectivity index (χ1v) is 8.14. The van der Waals surface area contributed by atoms with Crippen molar-refractivity contribution >= 4 is 11.7 Å². The van der Waals surface area contributed by atoms with Crippen molar-refractivity contribution in [3.63, 3.8) is 0 Å². The average molecular weight is 332 g/mol. The van der Waals surface area contributed by atoms with Gasteiger partial charge in [0.15, 0.2) is 0 Å². The maximum atomic E-state index is 12.3. The van der Waals surface area contributed by atoms with Crippen LogP contribution in [0.3, 0.4) is 0 Å². The number of carbonyl (C=O) groups is 1. The molecule has 2 N–H and O–H groups in total. The van der Waals surface area contributed by atoms with E-state index in [0.717, 1.165) is 11.1 Å². The first-order chi connectivity index (χ1) is 12.2. The van der Waals surface area contributed by atoms with E-state index in [-0.39, 0.29) is 5.91 Å². The Hall–Kier alpha value is -3.21. The van der Waals surface area contributed by atoms with E-state index >= 15 is 0 Å². The van der Waals surface area contributed by atoms with Gasteiger partial charge in [-0.25, -0.2) is 9.97 Å². The van der Waals surface area contributed by atoms with E-state index in [1.54, 1.807) is 6.07 Å². The molecule has 0 saturated heterocycles. The molecule has 0 bridgehead atoms. The van der Waals surface area contributed by atoms with Gasteiger partial charge in [-0.2, -0.15) is 0 Å². The summed E-state index contributed by atoms with van der Waals surface area (Å²) in [4.78, 5) is 20.5. The van der Waals surface area contributed by atoms with E-state index in [1.165, 1.54) is 11.9 Å². The van der Waals surface area contributed by atoms with E-state index < -0.39 is 0 Å². The second kappa shape index (κ2) is 8.06. The molecule has 0 atom stereocenters. The summed E-state index contributed by atoms with van der Waals surface area (Å²) in [6.45, 7) is 3.17. The Balaban J connectivity index is 1.59. The quantitative estimate of drug-likeness (QED) is 0.726. The number of aromatic nitrogens is 2. The van der Waals surface area contributed by atoms with E-state index in [9.17, 15) is 4.79 Å². The van der Waals surface area contributed by atoms with Crippen molar-refractivity contribution in [3.05, 3.63) is 89.4 Å². The van der Waals surface area contributed by atoms with Crippen LogP contribution >= 0.6 is 0 Å². The Kier molecular flexibility index (Phi) is 5.36. The van der Waals surface area contributed by atoms with Crippen LogP contribution in [0, 0.1) is 6.92 Å². The fraction of sp³-hybridized carbons (Fsp3) is 0.150. The van der Waals surface area contributed by atoms with E-state index in [1.807, 2.05) is 36.4 Å². The molecule has 126 valence electrons. The highest BCUT2D eigenvalue weighted by atomic mass is 16.1. The standard InChI is InChI=1S/C20H20N4O/c1-15-6-5-9-17(10-15)13-21-19-11-18(23-14-24-19)20(25)22-12-16-7-3-2-4-8-16/h2-11,14H,12-13H2,1H3,(H,22,25)(H,21,23,24). The number of aryl methyl sites for hydroxylation is 1. The van der Waals surface area contributed by atoms with Crippen LogP contribution in [-0.2, 0) is 13.1 Å². The molecule has 0 spiro atoms. The molecule has 0 aliphatic heterocycles. The number of hydrogen-bond acceptors (Lipinski definition) is 4. The van der Waals surface area contributed by atoms with Crippen LogP contribution in [0.25, 0.3) is 0 Å². The molecule has 1 aromatic heterocycles. The normalized spacial score (nSPS) is 10.3. The molecule has 25 heavy (non-hydrogen) atoms. The highest BCUT2D eigenvalue weighted by molar-refractivity contribution is 5.92. The zero-order valence-corrected chi connectivity index (χ0v) is 14.1. The van der Waals surface area contributed by atoms with Gasteiger partial charge in [0.1, 0.15) is 17.8 Å². The Morgan fingerprint density at radius 1 is 0.920 bits per heavy atom. The molecule has 3 rings (SSSR count). The smallest absolute Gasteiger partial charge is 0.270 e. The third-order valence-electron chi connectivity index (χ3n) is 3.75. The lowest BCUT2D eigenvalue weighted by atomic mass is 10.1. The Bertz CT molecular complexity index is 849. The lowest BCUT2D eigenvalue weighted by molar-refractivity contribution is 0.0946. The number of benzene rings is 2. The van der Waals surface area contributed by atoms with Crippen LogP contribution in [0.1, 0.15) is 27.2 Å². The fourth-order valence-electron chi connectivity index (χ4n) is 2.46. The van der Waals surface area contributed by atoms with Crippen molar-refractivity contribution in [1.29, 1.82) is 0 Å². The molecule has 5 nitrogen and oxygen atoms in total. The van der Waals surface area contributed by atoms with Crippen molar-refractivity contribution in [2.45, 2.75) is 20.0 Å². The monoisotopic (exact) mass is 332 g/mol. The van der Waals surface area contributed by atoms with Gasteiger partial charge in [-0.1, -0.05) is 60.2 Å². The molecule has 2 aromatic carbocycles. The minimum Gasteiger partial charge on any atom is -0.366 e. The summed E-state index contributed by atoms with van der Waals surface area (Å²) >= 11 is 0. The van der Waals surface area contributed by atoms with Gasteiger partial charge >= 0.3 is 0 Å². The van der Waals surface area contributed by atoms with E-state index in [0.29, 0.717) is 24.6 Å². The molecule has 3 aromatic rings. The molecule has 0 fully saturated rings. The third kappa shape index (κ3) is 4.88. The predicted molar refractivity (Wildman–Crippen MR) is 98.1 cm³/mol. The molecule has 1 amide bonds. The average Bonchev–Trinajstić information content (AvgIpc) is 2.65. The largest absolute Gasteiger partial charge is 0.366 e. The van der Waals surface area contributed by atoms with Gasteiger partial charge in [0.25, 0.3) is 5.91 Å². The Labute approximate surface area is 147 Å². The van der Waals surface area contributed by atoms with Gasteiger partial charge in [0, 0.05) is 19.2 Å². The number of nitrogens with one attached hydrogen (secondary N) is 2. The topological polar surface area (TPSA) is 66.9 Å². The molecule has 0 aliphatic carbocycles. The van der Waals surface area contributed by atoms with E-state index in [2.05, 4.69) is 45.7 Å². The molecule has 5 heteroatoms. The summed E-state index contributed by atoms with van der Waals surface area (Å²) in [6.07, 6.45) is 1.40. The maximum Gasteiger partial charge on any atom is 0.270 e. The molecule has 1 heterocycles. The molecule has 0 radical (unpaired) electrons. The van der Waals surface area contributed by atoms with Crippen LogP contribution in [-0.4, -0.2) is 15.9 Å². The van der Waals surface area contributed by atoms with Gasteiger partial charge in [0.2, 0.25) is 0 Å². The number of carbonyl (C=O) groups excluding carboxylic acids is 1. The lowest BCUT2D eigenvalue weighted by Gasteiger charge is -2.08. The number of hydrogen-bond donors (Lipinski definition) is 2. The highest BCUT2D eigenvalue weighted by Gasteiger charge is 2.08. The van der Waals surface area contributed by atoms with Crippen LogP contribution in [0.5, 0.6) is 0 Å². The van der Waals surface area contributed by atoms with Crippen molar-refractivity contribution < 1.29 is 4.79 Å². The summed E-state index contributed by atoms with van der Waals surface area (Å²) in [5.41, 5.74) is 3.76. The number of rotatable bonds is 6. The zero-order chi connectivity index (χ0) is 17.5. The van der Waals surface area contributed by atoms with E-state index in [4.69, 9.17) is 0 Å². The second-order valence-electron chi connectivity index (χ2n) is 5.80. The molecular formula is C20H20N4O. The summed E-state index contributed by atoms with van der Waals surface area (Å²) in [5.74, 6) is 0.409. The Morgan fingerprint density at radius 3 is 2.52 bits per heavy atom. The van der Waals surface area contributed by atoms with Crippen LogP contribution in [0.2, 0.25) is 0 Å². The van der Waals surface area contributed by atoms with Crippen molar-refractivity contribution in [2.24, 2.45) is 0 Å². The number of amides is 1. The fourth-order valence-corrected chi connectivity index (χ4v) is 2.46. The SMILES string of the molecule is Cc1cccc(CNc2cc(C(=O)NCc3ccccc3)ncn2)c1. The van der Waals surface area contributed by atoms with Gasteiger partial charge in [-0.05, 0) is 18.1 Å². The van der Waals surface area contributed by atoms with Crippen LogP contribution < -0.4 is 10.6 Å². The van der Waals surface area contributed by atoms with Crippen molar-refractivity contribution in [2.75, 3.05) is 5.32 Å². The molecule has 0 unspecified atom stereocenters. The summed E-state index contributed by atoms with van der Waals surface area (Å²) in [6, 6.07) is 19.7. The van der Waals surface area contributed by atoms with Crippen molar-refractivity contribution in [3.8, 4) is 0 Å². The first kappa shape index (κ1) is 16.6. The summed E-state index contributed by atoms with van der Waals surface area (Å²) in [5, 5.41) is 6.09. The summed E-state index contributed by atoms with van der Waals surface area (Å²) < 4.78 is 0. The van der Waals surface area contributed by atoms with Gasteiger partial charge < -0.3 is 10.6 Å². The van der Waals surface area contributed by atoms with Gasteiger partial charge in [-0.3, -0.25) is 4.79 Å². The first-order valence-electron chi connectivity index (χ1n) is 8.14. The highest BCUT2D eigenvalue weighted by Crippen LogP contribution is 2.09. The van der Waals surface area contributed by atoms with Crippen LogP contribution in [0.15, 0.2) is 67.0 Å². The minimum atomic E-state index is -0.218. The Morgan fingerprint density at radius 2 is 1.72 bits per heavy atom. The zero-order valence-electron chi connectivity index (χ0n) is 14.1.